The second-order valence-electron chi connectivity index (χ2n) is 8.51. The summed E-state index contributed by atoms with van der Waals surface area (Å²) >= 11 is 12.5. The van der Waals surface area contributed by atoms with Crippen LogP contribution in [0.2, 0.25) is 10.0 Å². The first-order valence-corrected chi connectivity index (χ1v) is 11.5. The van der Waals surface area contributed by atoms with Crippen LogP contribution in [-0.2, 0) is 6.42 Å². The minimum Gasteiger partial charge on any atom is -0.323 e. The van der Waals surface area contributed by atoms with Gasteiger partial charge in [-0.25, -0.2) is 4.79 Å². The average molecular weight is 446 g/mol. The number of para-hydroxylation sites is 1. The van der Waals surface area contributed by atoms with Crippen LogP contribution in [0.3, 0.4) is 0 Å². The second kappa shape index (κ2) is 9.59. The number of nitrogens with zero attached hydrogens (tertiary/aromatic N) is 3. The van der Waals surface area contributed by atoms with Gasteiger partial charge in [-0.3, -0.25) is 4.90 Å². The Hall–Kier alpha value is -1.75. The van der Waals surface area contributed by atoms with Crippen molar-refractivity contribution in [3.05, 3.63) is 64.1 Å². The molecule has 0 spiro atoms. The summed E-state index contributed by atoms with van der Waals surface area (Å²) in [5.41, 5.74) is 2.13. The second-order valence-corrected chi connectivity index (χ2v) is 9.35. The number of urea groups is 1. The Morgan fingerprint density at radius 1 is 0.967 bits per heavy atom. The molecule has 2 aromatic carbocycles. The van der Waals surface area contributed by atoms with Crippen molar-refractivity contribution >= 4 is 34.9 Å². The minimum absolute atomic E-state index is 0.0999. The summed E-state index contributed by atoms with van der Waals surface area (Å²) in [7, 11) is 1.94. The molecular weight excluding hydrogens is 417 g/mol. The Balaban J connectivity index is 1.28. The first kappa shape index (κ1) is 21.5. The quantitative estimate of drug-likeness (QED) is 0.600. The van der Waals surface area contributed by atoms with Crippen molar-refractivity contribution in [3.63, 3.8) is 0 Å². The van der Waals surface area contributed by atoms with E-state index in [2.05, 4.69) is 4.90 Å². The van der Waals surface area contributed by atoms with Gasteiger partial charge in [-0.05, 0) is 80.6 Å². The Kier molecular flexibility index (Phi) is 6.87. The van der Waals surface area contributed by atoms with Crippen LogP contribution in [0.25, 0.3) is 0 Å². The van der Waals surface area contributed by atoms with Crippen LogP contribution in [0.4, 0.5) is 10.5 Å². The number of rotatable bonds is 5. The maximum Gasteiger partial charge on any atom is 0.324 e. The summed E-state index contributed by atoms with van der Waals surface area (Å²) in [4.78, 5) is 19.2. The molecule has 1 unspecified atom stereocenters. The lowest BCUT2D eigenvalue weighted by molar-refractivity contribution is 0.122. The summed E-state index contributed by atoms with van der Waals surface area (Å²) < 4.78 is 0. The molecule has 1 atom stereocenters. The summed E-state index contributed by atoms with van der Waals surface area (Å²) in [5.74, 6) is 0.636. The lowest BCUT2D eigenvalue weighted by atomic mass is 9.90. The third-order valence-corrected chi connectivity index (χ3v) is 7.13. The summed E-state index contributed by atoms with van der Waals surface area (Å²) in [6.07, 6.45) is 4.29. The summed E-state index contributed by atoms with van der Waals surface area (Å²) in [5, 5.41) is 1.56. The normalized spacial score (nSPS) is 21.3. The Labute approximate surface area is 189 Å². The van der Waals surface area contributed by atoms with Crippen LogP contribution in [0.5, 0.6) is 0 Å². The van der Waals surface area contributed by atoms with E-state index in [-0.39, 0.29) is 12.1 Å². The molecule has 4 rings (SSSR count). The lowest BCUT2D eigenvalue weighted by Gasteiger charge is -2.42. The van der Waals surface area contributed by atoms with E-state index >= 15 is 0 Å². The first-order chi connectivity index (χ1) is 14.5. The molecule has 4 nitrogen and oxygen atoms in total. The van der Waals surface area contributed by atoms with Crippen LogP contribution in [0, 0.1) is 5.92 Å². The van der Waals surface area contributed by atoms with Gasteiger partial charge in [0.1, 0.15) is 0 Å². The zero-order valence-electron chi connectivity index (χ0n) is 17.4. The topological polar surface area (TPSA) is 26.8 Å². The molecule has 2 aliphatic rings. The van der Waals surface area contributed by atoms with Crippen molar-refractivity contribution in [2.45, 2.75) is 31.7 Å². The first-order valence-electron chi connectivity index (χ1n) is 10.8. The highest BCUT2D eigenvalue weighted by atomic mass is 35.5. The van der Waals surface area contributed by atoms with Gasteiger partial charge in [0.15, 0.2) is 0 Å². The molecule has 2 aliphatic heterocycles. The highest BCUT2D eigenvalue weighted by Gasteiger charge is 2.33. The monoisotopic (exact) mass is 445 g/mol. The number of hydrogen-bond acceptors (Lipinski definition) is 2. The van der Waals surface area contributed by atoms with E-state index < -0.39 is 0 Å². The molecule has 0 aromatic heterocycles. The maximum absolute atomic E-state index is 12.9. The standard InChI is InChI=1S/C24H29Cl2N3O/c1-27-22(11-14-29(24(27)30)21-5-3-2-4-6-21)17-28-12-9-18(10-13-28)15-19-16-20(25)7-8-23(19)26/h2-8,16,18,22H,9-15,17H2,1H3. The van der Waals surface area contributed by atoms with Gasteiger partial charge in [0, 0.05) is 41.9 Å². The number of anilines is 1. The van der Waals surface area contributed by atoms with Crippen LogP contribution in [-0.4, -0.2) is 55.1 Å². The molecule has 2 amide bonds. The molecule has 0 N–H and O–H groups in total. The molecule has 2 aromatic rings. The van der Waals surface area contributed by atoms with Gasteiger partial charge in [-0.15, -0.1) is 0 Å². The predicted molar refractivity (Wildman–Crippen MR) is 125 cm³/mol. The Morgan fingerprint density at radius 2 is 1.70 bits per heavy atom. The molecule has 2 heterocycles. The average Bonchev–Trinajstić information content (AvgIpc) is 2.76. The molecule has 0 aliphatic carbocycles. The molecule has 2 fully saturated rings. The molecule has 0 radical (unpaired) electrons. The van der Waals surface area contributed by atoms with Gasteiger partial charge in [-0.1, -0.05) is 41.4 Å². The van der Waals surface area contributed by atoms with E-state index in [0.29, 0.717) is 5.92 Å². The van der Waals surface area contributed by atoms with E-state index in [0.717, 1.165) is 73.2 Å². The number of likely N-dealkylation sites (tertiary alicyclic amines) is 1. The fraction of sp³-hybridized carbons (Fsp3) is 0.458. The zero-order valence-corrected chi connectivity index (χ0v) is 18.9. The molecule has 0 saturated carbocycles. The maximum atomic E-state index is 12.9. The zero-order chi connectivity index (χ0) is 21.1. The van der Waals surface area contributed by atoms with E-state index in [1.807, 2.05) is 65.4 Å². The smallest absolute Gasteiger partial charge is 0.323 e. The number of likely N-dealkylation sites (N-methyl/N-ethyl adjacent to an activating group) is 1. The molecule has 6 heteroatoms. The third kappa shape index (κ3) is 4.93. The van der Waals surface area contributed by atoms with E-state index in [4.69, 9.17) is 23.2 Å². The van der Waals surface area contributed by atoms with E-state index in [1.54, 1.807) is 0 Å². The molecular formula is C24H29Cl2N3O. The van der Waals surface area contributed by atoms with Gasteiger partial charge in [0.05, 0.1) is 0 Å². The van der Waals surface area contributed by atoms with E-state index in [1.165, 1.54) is 0 Å². The number of benzene rings is 2. The van der Waals surface area contributed by atoms with Crippen molar-refractivity contribution in [1.29, 1.82) is 0 Å². The predicted octanol–water partition coefficient (Wildman–Crippen LogP) is 5.58. The van der Waals surface area contributed by atoms with Gasteiger partial charge in [0.2, 0.25) is 0 Å². The van der Waals surface area contributed by atoms with Crippen LogP contribution < -0.4 is 4.90 Å². The molecule has 0 bridgehead atoms. The number of halogens is 2. The van der Waals surface area contributed by atoms with E-state index in [9.17, 15) is 4.79 Å². The largest absolute Gasteiger partial charge is 0.324 e. The van der Waals surface area contributed by atoms with Crippen molar-refractivity contribution < 1.29 is 4.79 Å². The highest BCUT2D eigenvalue weighted by Crippen LogP contribution is 2.29. The summed E-state index contributed by atoms with van der Waals surface area (Å²) in [6, 6.07) is 16.1. The summed E-state index contributed by atoms with van der Waals surface area (Å²) in [6.45, 7) is 3.88. The fourth-order valence-corrected chi connectivity index (χ4v) is 5.05. The number of piperidine rings is 1. The molecule has 30 heavy (non-hydrogen) atoms. The van der Waals surface area contributed by atoms with Crippen molar-refractivity contribution in [1.82, 2.24) is 9.80 Å². The van der Waals surface area contributed by atoms with Crippen molar-refractivity contribution in [2.24, 2.45) is 5.92 Å². The Morgan fingerprint density at radius 3 is 2.43 bits per heavy atom. The number of carbonyl (C=O) groups excluding carboxylic acids is 1. The third-order valence-electron chi connectivity index (χ3n) is 6.53. The van der Waals surface area contributed by atoms with Crippen LogP contribution in [0.1, 0.15) is 24.8 Å². The highest BCUT2D eigenvalue weighted by molar-refractivity contribution is 6.33. The van der Waals surface area contributed by atoms with Crippen LogP contribution in [0.15, 0.2) is 48.5 Å². The van der Waals surface area contributed by atoms with Gasteiger partial charge >= 0.3 is 6.03 Å². The SMILES string of the molecule is CN1C(=O)N(c2ccccc2)CCC1CN1CCC(Cc2cc(Cl)ccc2Cl)CC1. The molecule has 2 saturated heterocycles. The van der Waals surface area contributed by atoms with Gasteiger partial charge in [0.25, 0.3) is 0 Å². The number of amides is 2. The van der Waals surface area contributed by atoms with Crippen molar-refractivity contribution in [2.75, 3.05) is 38.1 Å². The lowest BCUT2D eigenvalue weighted by Crippen LogP contribution is -2.56. The van der Waals surface area contributed by atoms with Crippen molar-refractivity contribution in [3.8, 4) is 0 Å². The minimum atomic E-state index is 0.0999. The number of carbonyl (C=O) groups is 1. The number of hydrogen-bond donors (Lipinski definition) is 0. The fourth-order valence-electron chi connectivity index (χ4n) is 4.66. The van der Waals surface area contributed by atoms with Gasteiger partial charge < -0.3 is 9.80 Å². The van der Waals surface area contributed by atoms with Gasteiger partial charge in [-0.2, -0.15) is 0 Å². The molecule has 160 valence electrons. The Bertz CT molecular complexity index is 868. The van der Waals surface area contributed by atoms with Crippen LogP contribution >= 0.6 is 23.2 Å².